The third kappa shape index (κ3) is 4.85. The van der Waals surface area contributed by atoms with Crippen LogP contribution >= 0.6 is 11.8 Å². The van der Waals surface area contributed by atoms with Crippen LogP contribution in [0.5, 0.6) is 0 Å². The van der Waals surface area contributed by atoms with E-state index in [1.165, 1.54) is 18.2 Å². The number of carbonyl (C=O) groups excluding carboxylic acids is 2. The minimum atomic E-state index is -4.78. The van der Waals surface area contributed by atoms with Gasteiger partial charge in [0.15, 0.2) is 5.82 Å². The molecular formula is C21H19F3N6O2S. The number of rotatable bonds is 4. The van der Waals surface area contributed by atoms with E-state index in [9.17, 15) is 22.8 Å². The monoisotopic (exact) mass is 476 g/mol. The van der Waals surface area contributed by atoms with Gasteiger partial charge >= 0.3 is 6.18 Å². The molecule has 1 atom stereocenters. The number of carbonyl (C=O) groups is 2. The number of aromatic nitrogens is 4. The maximum atomic E-state index is 13.8. The first-order valence-corrected chi connectivity index (χ1v) is 10.9. The number of alkyl halides is 3. The van der Waals surface area contributed by atoms with Crippen molar-refractivity contribution in [1.82, 2.24) is 20.0 Å². The van der Waals surface area contributed by atoms with E-state index in [4.69, 9.17) is 0 Å². The minimum Gasteiger partial charge on any atom is -0.324 e. The number of amides is 2. The summed E-state index contributed by atoms with van der Waals surface area (Å²) < 4.78 is 43.0. The van der Waals surface area contributed by atoms with Gasteiger partial charge in [0, 0.05) is 5.69 Å². The molecule has 2 aromatic heterocycles. The highest BCUT2D eigenvalue weighted by molar-refractivity contribution is 7.99. The van der Waals surface area contributed by atoms with Gasteiger partial charge in [-0.15, -0.1) is 10.2 Å². The molecule has 3 aromatic rings. The third-order valence-electron chi connectivity index (χ3n) is 4.97. The van der Waals surface area contributed by atoms with Crippen LogP contribution in [0.3, 0.4) is 0 Å². The van der Waals surface area contributed by atoms with Crippen molar-refractivity contribution in [2.75, 3.05) is 16.0 Å². The average molecular weight is 476 g/mol. The summed E-state index contributed by atoms with van der Waals surface area (Å²) in [7, 11) is 0. The molecule has 0 radical (unpaired) electrons. The van der Waals surface area contributed by atoms with Crippen LogP contribution < -0.4 is 10.2 Å². The van der Waals surface area contributed by atoms with E-state index in [0.717, 1.165) is 23.1 Å². The van der Waals surface area contributed by atoms with E-state index in [-0.39, 0.29) is 17.1 Å². The van der Waals surface area contributed by atoms with Crippen LogP contribution in [0.4, 0.5) is 24.5 Å². The Bertz CT molecular complexity index is 1200. The summed E-state index contributed by atoms with van der Waals surface area (Å²) in [5.74, 6) is -1.43. The standard InChI is InChI=1S/C21H19F3N6O2S/c1-12-9-13(2)30(28-12)17-7-8-19(27-26-17)33-11-20(32)29-15-6-4-3-5-14(15)25-18(31)10-16(29)21(22,23)24/h3-9,16H,10-11H2,1-2H3,(H,25,31). The Balaban J connectivity index is 1.55. The van der Waals surface area contributed by atoms with Crippen LogP contribution in [0.25, 0.3) is 5.82 Å². The first-order chi connectivity index (χ1) is 15.6. The lowest BCUT2D eigenvalue weighted by Gasteiger charge is -2.31. The second-order valence-corrected chi connectivity index (χ2v) is 8.44. The molecule has 2 amide bonds. The summed E-state index contributed by atoms with van der Waals surface area (Å²) >= 11 is 0.963. The molecule has 0 saturated heterocycles. The second kappa shape index (κ2) is 8.85. The Morgan fingerprint density at radius 3 is 2.58 bits per heavy atom. The smallest absolute Gasteiger partial charge is 0.324 e. The highest BCUT2D eigenvalue weighted by Gasteiger charge is 2.48. The molecule has 0 bridgehead atoms. The van der Waals surface area contributed by atoms with Gasteiger partial charge in [0.25, 0.3) is 0 Å². The fourth-order valence-corrected chi connectivity index (χ4v) is 4.24. The fourth-order valence-electron chi connectivity index (χ4n) is 3.56. The lowest BCUT2D eigenvalue weighted by molar-refractivity contribution is -0.157. The summed E-state index contributed by atoms with van der Waals surface area (Å²) in [5, 5.41) is 15.3. The van der Waals surface area contributed by atoms with Crippen molar-refractivity contribution in [3.63, 3.8) is 0 Å². The Kier molecular flexibility index (Phi) is 6.11. The normalized spacial score (nSPS) is 16.2. The highest BCUT2D eigenvalue weighted by atomic mass is 32.2. The molecule has 0 aliphatic carbocycles. The lowest BCUT2D eigenvalue weighted by atomic mass is 10.1. The van der Waals surface area contributed by atoms with Crippen LogP contribution in [-0.4, -0.2) is 49.8 Å². The van der Waals surface area contributed by atoms with Gasteiger partial charge in [-0.05, 0) is 44.2 Å². The number of hydrogen-bond donors (Lipinski definition) is 1. The Labute approximate surface area is 191 Å². The van der Waals surface area contributed by atoms with E-state index < -0.39 is 30.5 Å². The molecule has 1 aliphatic rings. The van der Waals surface area contributed by atoms with Crippen molar-refractivity contribution in [2.45, 2.75) is 37.5 Å². The van der Waals surface area contributed by atoms with Gasteiger partial charge in [-0.2, -0.15) is 18.3 Å². The molecule has 12 heteroatoms. The van der Waals surface area contributed by atoms with Crippen molar-refractivity contribution >= 4 is 35.0 Å². The quantitative estimate of drug-likeness (QED) is 0.578. The molecule has 172 valence electrons. The molecule has 1 unspecified atom stereocenters. The highest BCUT2D eigenvalue weighted by Crippen LogP contribution is 2.38. The first-order valence-electron chi connectivity index (χ1n) is 9.91. The molecule has 1 aromatic carbocycles. The molecule has 0 saturated carbocycles. The zero-order valence-electron chi connectivity index (χ0n) is 17.6. The van der Waals surface area contributed by atoms with Gasteiger partial charge in [-0.25, -0.2) is 4.68 Å². The fraction of sp³-hybridized carbons (Fsp3) is 0.286. The molecule has 1 aliphatic heterocycles. The number of fused-ring (bicyclic) bond motifs is 1. The first kappa shape index (κ1) is 22.8. The second-order valence-electron chi connectivity index (χ2n) is 7.45. The zero-order valence-corrected chi connectivity index (χ0v) is 18.4. The van der Waals surface area contributed by atoms with E-state index in [1.54, 1.807) is 22.9 Å². The summed E-state index contributed by atoms with van der Waals surface area (Å²) in [6.07, 6.45) is -5.66. The molecule has 33 heavy (non-hydrogen) atoms. The topological polar surface area (TPSA) is 93.0 Å². The maximum absolute atomic E-state index is 13.8. The molecule has 3 heterocycles. The van der Waals surface area contributed by atoms with Gasteiger partial charge < -0.3 is 5.32 Å². The zero-order chi connectivity index (χ0) is 23.8. The van der Waals surface area contributed by atoms with Gasteiger partial charge in [0.2, 0.25) is 11.8 Å². The number of anilines is 2. The molecule has 1 N–H and O–H groups in total. The number of thioether (sulfide) groups is 1. The largest absolute Gasteiger partial charge is 0.409 e. The number of hydrogen-bond acceptors (Lipinski definition) is 6. The predicted octanol–water partition coefficient (Wildman–Crippen LogP) is 3.68. The van der Waals surface area contributed by atoms with Crippen molar-refractivity contribution in [1.29, 1.82) is 0 Å². The predicted molar refractivity (Wildman–Crippen MR) is 116 cm³/mol. The SMILES string of the molecule is Cc1cc(C)n(-c2ccc(SCC(=O)N3c4ccccc4NC(=O)CC3C(F)(F)F)nn2)n1. The molecule has 0 fully saturated rings. The van der Waals surface area contributed by atoms with Gasteiger partial charge in [-0.1, -0.05) is 23.9 Å². The van der Waals surface area contributed by atoms with Crippen LogP contribution in [0.1, 0.15) is 17.8 Å². The summed E-state index contributed by atoms with van der Waals surface area (Å²) in [6, 6.07) is 8.84. The third-order valence-corrected chi connectivity index (χ3v) is 5.88. The van der Waals surface area contributed by atoms with Gasteiger partial charge in [0.05, 0.1) is 29.2 Å². The van der Waals surface area contributed by atoms with Gasteiger partial charge in [-0.3, -0.25) is 14.5 Å². The van der Waals surface area contributed by atoms with E-state index in [1.807, 2.05) is 19.9 Å². The minimum absolute atomic E-state index is 0.00207. The van der Waals surface area contributed by atoms with Crippen LogP contribution in [0.2, 0.25) is 0 Å². The number of benzene rings is 1. The van der Waals surface area contributed by atoms with Crippen molar-refractivity contribution < 1.29 is 22.8 Å². The van der Waals surface area contributed by atoms with Gasteiger partial charge in [0.1, 0.15) is 11.1 Å². The number of aryl methyl sites for hydroxylation is 2. The summed E-state index contributed by atoms with van der Waals surface area (Å²) in [5.41, 5.74) is 1.85. The van der Waals surface area contributed by atoms with Crippen molar-refractivity contribution in [3.05, 3.63) is 53.9 Å². The van der Waals surface area contributed by atoms with Crippen molar-refractivity contribution in [2.24, 2.45) is 0 Å². The molecule has 8 nitrogen and oxygen atoms in total. The van der Waals surface area contributed by atoms with Crippen molar-refractivity contribution in [3.8, 4) is 5.82 Å². The number of halogens is 3. The Hall–Kier alpha value is -3.41. The van der Waals surface area contributed by atoms with Crippen LogP contribution in [0.15, 0.2) is 47.5 Å². The van der Waals surface area contributed by atoms with Crippen LogP contribution in [-0.2, 0) is 9.59 Å². The molecular weight excluding hydrogens is 457 g/mol. The Morgan fingerprint density at radius 2 is 1.94 bits per heavy atom. The molecule has 4 rings (SSSR count). The van der Waals surface area contributed by atoms with E-state index in [2.05, 4.69) is 20.6 Å². The van der Waals surface area contributed by atoms with E-state index in [0.29, 0.717) is 15.7 Å². The number of para-hydroxylation sites is 2. The summed E-state index contributed by atoms with van der Waals surface area (Å²) in [6.45, 7) is 3.73. The van der Waals surface area contributed by atoms with Crippen LogP contribution in [0, 0.1) is 13.8 Å². The lowest BCUT2D eigenvalue weighted by Crippen LogP contribution is -2.50. The number of nitrogens with zero attached hydrogens (tertiary/aromatic N) is 5. The van der Waals surface area contributed by atoms with E-state index >= 15 is 0 Å². The average Bonchev–Trinajstić information content (AvgIpc) is 3.01. The molecule has 0 spiro atoms. The summed E-state index contributed by atoms with van der Waals surface area (Å²) in [4.78, 5) is 25.7. The number of nitrogens with one attached hydrogen (secondary N) is 1. The Morgan fingerprint density at radius 1 is 1.18 bits per heavy atom. The maximum Gasteiger partial charge on any atom is 0.409 e.